The van der Waals surface area contributed by atoms with Crippen LogP contribution in [0.2, 0.25) is 0 Å². The molecule has 6 heteroatoms. The van der Waals surface area contributed by atoms with Gasteiger partial charge in [-0.2, -0.15) is 0 Å². The Bertz CT molecular complexity index is 3110. The zero-order valence-electron chi connectivity index (χ0n) is 33.9. The molecular weight excluding hydrogens is 733 g/mol. The first-order chi connectivity index (χ1) is 29.6. The van der Waals surface area contributed by atoms with Crippen molar-refractivity contribution in [1.82, 2.24) is 14.1 Å². The van der Waals surface area contributed by atoms with Crippen LogP contribution in [-0.2, 0) is 0 Å². The van der Waals surface area contributed by atoms with Crippen LogP contribution < -0.4 is 5.73 Å². The first-order valence-electron chi connectivity index (χ1n) is 20.5. The highest BCUT2D eigenvalue weighted by Crippen LogP contribution is 2.38. The van der Waals surface area contributed by atoms with E-state index in [9.17, 15) is 0 Å². The van der Waals surface area contributed by atoms with Gasteiger partial charge < -0.3 is 14.9 Å². The molecule has 0 bridgehead atoms. The second-order valence-corrected chi connectivity index (χ2v) is 14.8. The standard InChI is InChI=1S/C54H46N6/c1-4-7-20-49(57-6-3)41-16-11-14-37(31-41)39-22-24-51-46(33-39)45(5-2)53(26-28-55)59(51)43-18-13-19-44(35-43)60-52-25-23-40(34-47(52)48-36-56-30-27-54(48)60)38-15-12-17-42(32-38)50-21-9-8-10-29-58-50/h5-7,9-36,49H,2,4,8,55H2,1,3H3/b20-7?,28-26-,57-6?. The topological polar surface area (TPSA) is 73.5 Å². The molecule has 60 heavy (non-hydrogen) atoms. The molecule has 292 valence electrons. The number of nitrogens with two attached hydrogens (primary N) is 1. The fourth-order valence-electron chi connectivity index (χ4n) is 8.46. The lowest BCUT2D eigenvalue weighted by atomic mass is 9.97. The number of benzene rings is 5. The molecule has 1 unspecified atom stereocenters. The van der Waals surface area contributed by atoms with E-state index in [1.165, 1.54) is 0 Å². The molecule has 5 aromatic carbocycles. The molecule has 2 N–H and O–H groups in total. The first kappa shape index (κ1) is 38.0. The van der Waals surface area contributed by atoms with Gasteiger partial charge in [0.15, 0.2) is 0 Å². The van der Waals surface area contributed by atoms with Gasteiger partial charge in [0, 0.05) is 57.3 Å². The molecule has 0 fully saturated rings. The third-order valence-electron chi connectivity index (χ3n) is 11.2. The van der Waals surface area contributed by atoms with Gasteiger partial charge in [-0.15, -0.1) is 0 Å². The number of hydrogen-bond acceptors (Lipinski definition) is 4. The maximum absolute atomic E-state index is 6.15. The number of pyridine rings is 1. The van der Waals surface area contributed by atoms with Crippen molar-refractivity contribution in [3.8, 4) is 33.6 Å². The third-order valence-corrected chi connectivity index (χ3v) is 11.2. The van der Waals surface area contributed by atoms with E-state index in [0.29, 0.717) is 0 Å². The van der Waals surface area contributed by atoms with Gasteiger partial charge in [-0.25, -0.2) is 0 Å². The largest absolute Gasteiger partial charge is 0.405 e. The molecule has 0 radical (unpaired) electrons. The summed E-state index contributed by atoms with van der Waals surface area (Å²) < 4.78 is 4.62. The summed E-state index contributed by atoms with van der Waals surface area (Å²) in [5.74, 6) is 0. The Morgan fingerprint density at radius 2 is 1.45 bits per heavy atom. The molecule has 0 aliphatic carbocycles. The number of rotatable bonds is 11. The minimum atomic E-state index is -0.0238. The number of aromatic nitrogens is 3. The molecular formula is C54H46N6. The van der Waals surface area contributed by atoms with Crippen molar-refractivity contribution in [2.24, 2.45) is 15.7 Å². The molecule has 6 nitrogen and oxygen atoms in total. The molecule has 3 aromatic heterocycles. The normalized spacial score (nSPS) is 13.7. The number of hydrogen-bond donors (Lipinski definition) is 1. The van der Waals surface area contributed by atoms with Gasteiger partial charge in [0.25, 0.3) is 0 Å². The van der Waals surface area contributed by atoms with Crippen LogP contribution in [-0.4, -0.2) is 26.0 Å². The molecule has 0 saturated heterocycles. The summed E-state index contributed by atoms with van der Waals surface area (Å²) in [6.07, 6.45) is 25.6. The van der Waals surface area contributed by atoms with Crippen molar-refractivity contribution in [1.29, 1.82) is 0 Å². The Labute approximate surface area is 351 Å². The molecule has 1 atom stereocenters. The van der Waals surface area contributed by atoms with E-state index in [2.05, 4.69) is 178 Å². The Kier molecular flexibility index (Phi) is 10.6. The second kappa shape index (κ2) is 16.7. The monoisotopic (exact) mass is 778 g/mol. The molecule has 9 rings (SSSR count). The summed E-state index contributed by atoms with van der Waals surface area (Å²) >= 11 is 0. The highest BCUT2D eigenvalue weighted by Gasteiger charge is 2.19. The molecule has 0 saturated carbocycles. The predicted octanol–water partition coefficient (Wildman–Crippen LogP) is 13.4. The van der Waals surface area contributed by atoms with Crippen molar-refractivity contribution in [2.75, 3.05) is 0 Å². The summed E-state index contributed by atoms with van der Waals surface area (Å²) in [4.78, 5) is 14.0. The van der Waals surface area contributed by atoms with Crippen LogP contribution in [0.1, 0.15) is 55.1 Å². The SMILES string of the molecule is C=Cc1c(/C=C\N)n(-c2cccc(-n3c4ccncc4c4cc(-c5cccc(C6=NC=CCC=C6)c5)ccc43)c2)c2ccc(-c3cccc(C(C=CCC)N=CC)c3)cc12. The molecule has 1 aliphatic heterocycles. The lowest BCUT2D eigenvalue weighted by Crippen LogP contribution is -2.01. The van der Waals surface area contributed by atoms with Crippen LogP contribution in [0.25, 0.3) is 78.5 Å². The highest BCUT2D eigenvalue weighted by molar-refractivity contribution is 6.11. The summed E-state index contributed by atoms with van der Waals surface area (Å²) in [6.45, 7) is 8.39. The van der Waals surface area contributed by atoms with E-state index in [1.54, 1.807) is 6.20 Å². The lowest BCUT2D eigenvalue weighted by molar-refractivity contribution is 0.910. The lowest BCUT2D eigenvalue weighted by Gasteiger charge is -2.14. The van der Waals surface area contributed by atoms with Gasteiger partial charge >= 0.3 is 0 Å². The van der Waals surface area contributed by atoms with Crippen molar-refractivity contribution in [3.05, 3.63) is 199 Å². The van der Waals surface area contributed by atoms with Gasteiger partial charge in [-0.3, -0.25) is 15.0 Å². The Morgan fingerprint density at radius 3 is 2.23 bits per heavy atom. The van der Waals surface area contributed by atoms with E-state index in [-0.39, 0.29) is 6.04 Å². The smallest absolute Gasteiger partial charge is 0.0926 e. The van der Waals surface area contributed by atoms with Gasteiger partial charge in [0.2, 0.25) is 0 Å². The number of aliphatic imine (C=N–C) groups is 2. The van der Waals surface area contributed by atoms with Crippen LogP contribution in [0, 0.1) is 0 Å². The van der Waals surface area contributed by atoms with Crippen LogP contribution >= 0.6 is 0 Å². The third kappa shape index (κ3) is 7.03. The van der Waals surface area contributed by atoms with E-state index < -0.39 is 0 Å². The van der Waals surface area contributed by atoms with E-state index in [4.69, 9.17) is 10.7 Å². The zero-order valence-corrected chi connectivity index (χ0v) is 33.9. The molecule has 4 heterocycles. The van der Waals surface area contributed by atoms with Gasteiger partial charge in [0.05, 0.1) is 34.0 Å². The molecule has 8 aromatic rings. The maximum atomic E-state index is 6.15. The first-order valence-corrected chi connectivity index (χ1v) is 20.5. The fraction of sp³-hybridized carbons (Fsp3) is 0.0926. The van der Waals surface area contributed by atoms with E-state index in [1.807, 2.05) is 43.9 Å². The van der Waals surface area contributed by atoms with E-state index >= 15 is 0 Å². The predicted molar refractivity (Wildman–Crippen MR) is 255 cm³/mol. The fourth-order valence-corrected chi connectivity index (χ4v) is 8.46. The summed E-state index contributed by atoms with van der Waals surface area (Å²) in [6, 6.07) is 41.5. The maximum Gasteiger partial charge on any atom is 0.0926 e. The van der Waals surface area contributed by atoms with Crippen molar-refractivity contribution in [2.45, 2.75) is 32.7 Å². The minimum absolute atomic E-state index is 0.0238. The number of nitrogens with zero attached hydrogens (tertiary/aromatic N) is 5. The molecule has 0 amide bonds. The number of allylic oxidation sites excluding steroid dienone is 4. The molecule has 0 spiro atoms. The Hall–Kier alpha value is -7.57. The Morgan fingerprint density at radius 1 is 0.750 bits per heavy atom. The van der Waals surface area contributed by atoms with Crippen molar-refractivity contribution >= 4 is 56.8 Å². The van der Waals surface area contributed by atoms with Gasteiger partial charge in [0.1, 0.15) is 0 Å². The van der Waals surface area contributed by atoms with Gasteiger partial charge in [-0.1, -0.05) is 98.5 Å². The summed E-state index contributed by atoms with van der Waals surface area (Å²) in [5.41, 5.74) is 21.2. The summed E-state index contributed by atoms with van der Waals surface area (Å²) in [7, 11) is 0. The van der Waals surface area contributed by atoms with Crippen molar-refractivity contribution < 1.29 is 0 Å². The van der Waals surface area contributed by atoms with Crippen LogP contribution in [0.5, 0.6) is 0 Å². The van der Waals surface area contributed by atoms with Crippen LogP contribution in [0.4, 0.5) is 0 Å². The minimum Gasteiger partial charge on any atom is -0.405 e. The van der Waals surface area contributed by atoms with Crippen LogP contribution in [0.15, 0.2) is 187 Å². The summed E-state index contributed by atoms with van der Waals surface area (Å²) in [5, 5.41) is 3.33. The average Bonchev–Trinajstić information content (AvgIpc) is 3.63. The zero-order chi connectivity index (χ0) is 41.0. The highest BCUT2D eigenvalue weighted by atomic mass is 15.0. The van der Waals surface area contributed by atoms with Crippen molar-refractivity contribution in [3.63, 3.8) is 0 Å². The second-order valence-electron chi connectivity index (χ2n) is 14.8. The average molecular weight is 779 g/mol. The van der Waals surface area contributed by atoms with Crippen LogP contribution in [0.3, 0.4) is 0 Å². The Balaban J connectivity index is 1.15. The van der Waals surface area contributed by atoms with Gasteiger partial charge in [-0.05, 0) is 133 Å². The van der Waals surface area contributed by atoms with E-state index in [0.717, 1.165) is 107 Å². The quantitative estimate of drug-likeness (QED) is 0.105. The number of fused-ring (bicyclic) bond motifs is 4. The molecule has 1 aliphatic rings.